The van der Waals surface area contributed by atoms with Crippen LogP contribution in [0.3, 0.4) is 0 Å². The summed E-state index contributed by atoms with van der Waals surface area (Å²) in [6.07, 6.45) is 5.95. The van der Waals surface area contributed by atoms with Gasteiger partial charge in [-0.25, -0.2) is 4.98 Å². The van der Waals surface area contributed by atoms with Crippen molar-refractivity contribution < 1.29 is 13.5 Å². The topological polar surface area (TPSA) is 77.5 Å². The van der Waals surface area contributed by atoms with Crippen molar-refractivity contribution in [2.75, 3.05) is 26.2 Å². The second-order valence-corrected chi connectivity index (χ2v) is 8.40. The van der Waals surface area contributed by atoms with E-state index in [0.29, 0.717) is 6.54 Å². The van der Waals surface area contributed by atoms with Crippen molar-refractivity contribution in [1.29, 1.82) is 0 Å². The molecule has 1 saturated heterocycles. The van der Waals surface area contributed by atoms with Crippen molar-refractivity contribution in [3.63, 3.8) is 0 Å². The van der Waals surface area contributed by atoms with Crippen molar-refractivity contribution in [2.24, 2.45) is 5.92 Å². The maximum Gasteiger partial charge on any atom is 0.272 e. The molecule has 1 spiro atoms. The number of hydrogen-bond donors (Lipinski definition) is 1. The van der Waals surface area contributed by atoms with Crippen LogP contribution in [0.1, 0.15) is 25.7 Å². The summed E-state index contributed by atoms with van der Waals surface area (Å²) in [7, 11) is -3.53. The molecule has 0 bridgehead atoms. The molecular weight excluding hydrogens is 302 g/mol. The molecule has 2 fully saturated rings. The van der Waals surface area contributed by atoms with Crippen LogP contribution in [0.25, 0.3) is 0 Å². The Balaban J connectivity index is 1.53. The molecule has 120 valence electrons. The highest BCUT2D eigenvalue weighted by Crippen LogP contribution is 2.36. The average Bonchev–Trinajstić information content (AvgIpc) is 3.32. The van der Waals surface area contributed by atoms with Crippen molar-refractivity contribution in [3.05, 3.63) is 18.3 Å². The lowest BCUT2D eigenvalue weighted by atomic mass is 9.91. The van der Waals surface area contributed by atoms with Gasteiger partial charge in [0.1, 0.15) is 5.60 Å². The quantitative estimate of drug-likeness (QED) is 0.828. The summed E-state index contributed by atoms with van der Waals surface area (Å²) in [5, 5.41) is 0. The minimum atomic E-state index is -3.53. The highest BCUT2D eigenvalue weighted by molar-refractivity contribution is 7.95. The van der Waals surface area contributed by atoms with Crippen LogP contribution in [0, 0.1) is 5.92 Å². The van der Waals surface area contributed by atoms with Gasteiger partial charge in [-0.2, -0.15) is 0 Å². The van der Waals surface area contributed by atoms with Gasteiger partial charge in [0, 0.05) is 44.7 Å². The van der Waals surface area contributed by atoms with Crippen molar-refractivity contribution in [2.45, 2.75) is 36.2 Å². The predicted octanol–water partition coefficient (Wildman–Crippen LogP) is 1.21. The zero-order valence-corrected chi connectivity index (χ0v) is 13.3. The second-order valence-electron chi connectivity index (χ2n) is 6.66. The van der Waals surface area contributed by atoms with Crippen LogP contribution in [0.15, 0.2) is 23.2 Å². The summed E-state index contributed by atoms with van der Waals surface area (Å²) < 4.78 is 33.4. The average molecular weight is 323 g/mol. The van der Waals surface area contributed by atoms with Crippen LogP contribution >= 0.6 is 0 Å². The molecule has 1 unspecified atom stereocenters. The van der Waals surface area contributed by atoms with Crippen LogP contribution in [0.2, 0.25) is 0 Å². The van der Waals surface area contributed by atoms with Gasteiger partial charge < -0.3 is 14.2 Å². The molecule has 4 rings (SSSR count). The predicted molar refractivity (Wildman–Crippen MR) is 81.1 cm³/mol. The highest BCUT2D eigenvalue weighted by atomic mass is 32.3. The Morgan fingerprint density at radius 1 is 1.45 bits per heavy atom. The van der Waals surface area contributed by atoms with Crippen molar-refractivity contribution >= 4 is 10.4 Å². The molecule has 0 radical (unpaired) electrons. The van der Waals surface area contributed by atoms with E-state index in [4.69, 9.17) is 4.74 Å². The molecule has 3 heterocycles. The number of pyridine rings is 1. The van der Waals surface area contributed by atoms with Crippen molar-refractivity contribution in [3.8, 4) is 5.88 Å². The molecule has 6 nitrogen and oxygen atoms in total. The first kappa shape index (κ1) is 14.6. The van der Waals surface area contributed by atoms with Gasteiger partial charge in [0.15, 0.2) is 10.4 Å². The Kier molecular flexibility index (Phi) is 3.48. The third-order valence-electron chi connectivity index (χ3n) is 4.90. The number of nitrogens with zero attached hydrogens (tertiary/aromatic N) is 2. The molecule has 1 aromatic heterocycles. The smallest absolute Gasteiger partial charge is 0.272 e. The van der Waals surface area contributed by atoms with Gasteiger partial charge in [-0.05, 0) is 24.8 Å². The number of nitrogens with one attached hydrogen (secondary N) is 1. The number of sulfonamides is 1. The monoisotopic (exact) mass is 323 g/mol. The Bertz CT molecular complexity index is 612. The fraction of sp³-hybridized carbons (Fsp3) is 0.667. The first-order valence-corrected chi connectivity index (χ1v) is 9.41. The van der Waals surface area contributed by atoms with E-state index in [1.165, 1.54) is 19.4 Å². The van der Waals surface area contributed by atoms with E-state index in [-0.39, 0.29) is 10.8 Å². The summed E-state index contributed by atoms with van der Waals surface area (Å²) in [6, 6.07) is 3.17. The molecule has 22 heavy (non-hydrogen) atoms. The van der Waals surface area contributed by atoms with Crippen LogP contribution in [-0.4, -0.2) is 46.2 Å². The number of fused-ring (bicyclic) bond motifs is 1. The number of rotatable bonds is 2. The first-order valence-electron chi connectivity index (χ1n) is 7.92. The summed E-state index contributed by atoms with van der Waals surface area (Å²) in [5.41, 5.74) is -0.466. The fourth-order valence-electron chi connectivity index (χ4n) is 3.29. The van der Waals surface area contributed by atoms with Crippen LogP contribution < -0.4 is 9.46 Å². The largest absolute Gasteiger partial charge is 0.593 e. The van der Waals surface area contributed by atoms with Crippen LogP contribution in [-0.2, 0) is 14.6 Å². The number of hydrogen-bond acceptors (Lipinski definition) is 5. The zero-order chi connectivity index (χ0) is 15.2. The van der Waals surface area contributed by atoms with E-state index in [0.717, 1.165) is 31.8 Å². The fourth-order valence-corrected chi connectivity index (χ4v) is 4.48. The molecule has 2 aliphatic heterocycles. The number of aromatic nitrogens is 1. The lowest BCUT2D eigenvalue weighted by Gasteiger charge is -2.40. The standard InChI is InChI=1S/C15H21N3O3S/c19-22(20)13-2-1-7-16-14(13)21-15(11-17-22)5-8-18(9-6-15)10-12-3-4-12/h1-2,7,12H,3-6,8-11H2,(H-,17,19,20). The molecule has 7 heteroatoms. The van der Waals surface area contributed by atoms with Gasteiger partial charge in [-0.3, -0.25) is 0 Å². The van der Waals surface area contributed by atoms with Gasteiger partial charge in [-0.15, -0.1) is 4.72 Å². The second kappa shape index (κ2) is 5.26. The van der Waals surface area contributed by atoms with Gasteiger partial charge in [0.05, 0.1) is 6.54 Å². The Morgan fingerprint density at radius 3 is 2.95 bits per heavy atom. The lowest BCUT2D eigenvalue weighted by Crippen LogP contribution is -2.53. The molecule has 1 aromatic rings. The minimum absolute atomic E-state index is 0.146. The minimum Gasteiger partial charge on any atom is -0.593 e. The zero-order valence-electron chi connectivity index (χ0n) is 12.5. The Morgan fingerprint density at radius 2 is 2.23 bits per heavy atom. The highest BCUT2D eigenvalue weighted by Gasteiger charge is 2.44. The maximum absolute atomic E-state index is 12.3. The van der Waals surface area contributed by atoms with E-state index >= 15 is 0 Å². The molecular formula is C15H21N3O3S. The third-order valence-corrected chi connectivity index (χ3v) is 6.32. The number of ether oxygens (including phenoxy) is 1. The van der Waals surface area contributed by atoms with E-state index in [1.807, 2.05) is 0 Å². The van der Waals surface area contributed by atoms with Gasteiger partial charge in [-0.1, -0.05) is 4.21 Å². The molecule has 1 saturated carbocycles. The van der Waals surface area contributed by atoms with E-state index in [9.17, 15) is 8.76 Å². The van der Waals surface area contributed by atoms with E-state index < -0.39 is 16.0 Å². The number of likely N-dealkylation sites (tertiary alicyclic amines) is 1. The molecule has 1 atom stereocenters. The Labute approximate surface area is 131 Å². The van der Waals surface area contributed by atoms with E-state index in [2.05, 4.69) is 14.6 Å². The molecule has 0 aromatic carbocycles. The molecule has 0 amide bonds. The summed E-state index contributed by atoms with van der Waals surface area (Å²) >= 11 is 0. The van der Waals surface area contributed by atoms with Gasteiger partial charge in [0.25, 0.3) is 5.88 Å². The first-order chi connectivity index (χ1) is 10.6. The summed E-state index contributed by atoms with van der Waals surface area (Å²) in [5.74, 6) is 1.12. The normalized spacial score (nSPS) is 31.3. The van der Waals surface area contributed by atoms with Gasteiger partial charge >= 0.3 is 0 Å². The Hall–Kier alpha value is -1.02. The van der Waals surface area contributed by atoms with Crippen LogP contribution in [0.5, 0.6) is 5.88 Å². The number of piperidine rings is 1. The summed E-state index contributed by atoms with van der Waals surface area (Å²) in [6.45, 7) is 3.42. The van der Waals surface area contributed by atoms with Gasteiger partial charge in [0.2, 0.25) is 4.90 Å². The molecule has 3 aliphatic rings. The maximum atomic E-state index is 12.3. The molecule has 1 N–H and O–H groups in total. The van der Waals surface area contributed by atoms with Crippen LogP contribution in [0.4, 0.5) is 0 Å². The van der Waals surface area contributed by atoms with E-state index in [1.54, 1.807) is 18.3 Å². The third kappa shape index (κ3) is 2.78. The SMILES string of the molecule is O=[S+]1([O-])NCC2(CCN(CC3CC3)CC2)Oc2ncccc21. The molecule has 1 aliphatic carbocycles. The summed E-state index contributed by atoms with van der Waals surface area (Å²) in [4.78, 5) is 6.77. The lowest BCUT2D eigenvalue weighted by molar-refractivity contribution is 0.00128. The van der Waals surface area contributed by atoms with Crippen molar-refractivity contribution in [1.82, 2.24) is 14.6 Å².